The minimum absolute atomic E-state index is 0.0704. The van der Waals surface area contributed by atoms with E-state index in [-0.39, 0.29) is 17.9 Å². The van der Waals surface area contributed by atoms with Crippen molar-refractivity contribution in [2.75, 3.05) is 53.0 Å². The van der Waals surface area contributed by atoms with E-state index in [1.807, 2.05) is 6.92 Å². The van der Waals surface area contributed by atoms with Crippen molar-refractivity contribution in [1.82, 2.24) is 20.4 Å². The Balaban J connectivity index is 1.62. The summed E-state index contributed by atoms with van der Waals surface area (Å²) in [6.45, 7) is 7.04. The van der Waals surface area contributed by atoms with Crippen molar-refractivity contribution in [1.29, 1.82) is 0 Å². The van der Waals surface area contributed by atoms with E-state index in [4.69, 9.17) is 4.74 Å². The molecular weight excluding hydrogens is 296 g/mol. The summed E-state index contributed by atoms with van der Waals surface area (Å²) in [5, 5.41) is 5.97. The predicted molar refractivity (Wildman–Crippen MR) is 88.1 cm³/mol. The molecule has 0 bridgehead atoms. The van der Waals surface area contributed by atoms with E-state index in [1.54, 1.807) is 7.11 Å². The summed E-state index contributed by atoms with van der Waals surface area (Å²) in [5.41, 5.74) is 0. The second kappa shape index (κ2) is 9.20. The molecule has 0 radical (unpaired) electrons. The molecule has 2 amide bonds. The zero-order chi connectivity index (χ0) is 16.7. The molecule has 2 fully saturated rings. The average Bonchev–Trinajstić information content (AvgIpc) is 3.35. The van der Waals surface area contributed by atoms with E-state index in [0.717, 1.165) is 45.4 Å². The van der Waals surface area contributed by atoms with Crippen LogP contribution in [0.3, 0.4) is 0 Å². The Hall–Kier alpha value is -1.18. The number of nitrogens with one attached hydrogen (secondary N) is 2. The van der Waals surface area contributed by atoms with Gasteiger partial charge in [-0.2, -0.15) is 0 Å². The topological polar surface area (TPSA) is 73.9 Å². The van der Waals surface area contributed by atoms with Gasteiger partial charge >= 0.3 is 0 Å². The molecule has 7 heteroatoms. The van der Waals surface area contributed by atoms with Crippen molar-refractivity contribution in [3.63, 3.8) is 0 Å². The van der Waals surface area contributed by atoms with Crippen LogP contribution in [0.4, 0.5) is 0 Å². The van der Waals surface area contributed by atoms with Crippen molar-refractivity contribution in [2.24, 2.45) is 0 Å². The fourth-order valence-electron chi connectivity index (χ4n) is 2.75. The number of methoxy groups -OCH3 is 1. The molecule has 1 heterocycles. The molecule has 0 aromatic carbocycles. The zero-order valence-electron chi connectivity index (χ0n) is 14.3. The smallest absolute Gasteiger partial charge is 0.237 e. The van der Waals surface area contributed by atoms with Crippen molar-refractivity contribution >= 4 is 11.8 Å². The Morgan fingerprint density at radius 3 is 2.52 bits per heavy atom. The molecule has 1 atom stereocenters. The van der Waals surface area contributed by atoms with Crippen LogP contribution in [0.2, 0.25) is 0 Å². The van der Waals surface area contributed by atoms with Gasteiger partial charge in [0.2, 0.25) is 11.8 Å². The molecule has 2 rings (SSSR count). The summed E-state index contributed by atoms with van der Waals surface area (Å²) in [6, 6.07) is 0.297. The third-order valence-corrected chi connectivity index (χ3v) is 4.47. The molecule has 0 aromatic heterocycles. The van der Waals surface area contributed by atoms with E-state index < -0.39 is 0 Å². The molecule has 1 aliphatic carbocycles. The molecule has 2 N–H and O–H groups in total. The third-order valence-electron chi connectivity index (χ3n) is 4.47. The minimum Gasteiger partial charge on any atom is -0.385 e. The number of carbonyl (C=O) groups excluding carboxylic acids is 2. The van der Waals surface area contributed by atoms with Crippen LogP contribution in [0.15, 0.2) is 0 Å². The fourth-order valence-corrected chi connectivity index (χ4v) is 2.75. The van der Waals surface area contributed by atoms with Crippen molar-refractivity contribution in [3.8, 4) is 0 Å². The highest BCUT2D eigenvalue weighted by Crippen LogP contribution is 2.18. The van der Waals surface area contributed by atoms with Gasteiger partial charge in [0.15, 0.2) is 0 Å². The van der Waals surface area contributed by atoms with Gasteiger partial charge in [0.1, 0.15) is 0 Å². The summed E-state index contributed by atoms with van der Waals surface area (Å²) < 4.78 is 4.97. The monoisotopic (exact) mass is 326 g/mol. The molecular formula is C16H30N4O3. The lowest BCUT2D eigenvalue weighted by molar-refractivity contribution is -0.128. The molecule has 1 unspecified atom stereocenters. The second-order valence-electron chi connectivity index (χ2n) is 6.47. The first-order valence-electron chi connectivity index (χ1n) is 8.62. The van der Waals surface area contributed by atoms with Gasteiger partial charge in [0, 0.05) is 52.5 Å². The normalized spacial score (nSPS) is 21.0. The molecule has 2 aliphatic rings. The number of hydrogen-bond acceptors (Lipinski definition) is 5. The van der Waals surface area contributed by atoms with E-state index in [1.165, 1.54) is 0 Å². The average molecular weight is 326 g/mol. The SMILES string of the molecule is COCCCNC(=O)C(C)N1CCN(CC(=O)NC2CC2)CC1. The summed E-state index contributed by atoms with van der Waals surface area (Å²) in [4.78, 5) is 28.3. The van der Waals surface area contributed by atoms with E-state index >= 15 is 0 Å². The number of hydrogen-bond donors (Lipinski definition) is 2. The van der Waals surface area contributed by atoms with Gasteiger partial charge in [0.25, 0.3) is 0 Å². The van der Waals surface area contributed by atoms with Gasteiger partial charge in [-0.1, -0.05) is 0 Å². The van der Waals surface area contributed by atoms with Gasteiger partial charge in [-0.3, -0.25) is 19.4 Å². The first kappa shape index (κ1) is 18.2. The molecule has 0 spiro atoms. The highest BCUT2D eigenvalue weighted by atomic mass is 16.5. The van der Waals surface area contributed by atoms with Gasteiger partial charge < -0.3 is 15.4 Å². The molecule has 1 saturated carbocycles. The zero-order valence-corrected chi connectivity index (χ0v) is 14.3. The summed E-state index contributed by atoms with van der Waals surface area (Å²) >= 11 is 0. The Morgan fingerprint density at radius 1 is 1.22 bits per heavy atom. The van der Waals surface area contributed by atoms with Gasteiger partial charge in [-0.15, -0.1) is 0 Å². The lowest BCUT2D eigenvalue weighted by Crippen LogP contribution is -2.55. The number of piperazine rings is 1. The van der Waals surface area contributed by atoms with Crippen LogP contribution >= 0.6 is 0 Å². The Morgan fingerprint density at radius 2 is 1.91 bits per heavy atom. The number of carbonyl (C=O) groups is 2. The van der Waals surface area contributed by atoms with Crippen LogP contribution < -0.4 is 10.6 Å². The molecule has 23 heavy (non-hydrogen) atoms. The lowest BCUT2D eigenvalue weighted by atomic mass is 10.2. The molecule has 7 nitrogen and oxygen atoms in total. The molecule has 1 saturated heterocycles. The Labute approximate surface area is 138 Å². The van der Waals surface area contributed by atoms with Crippen LogP contribution in [0.1, 0.15) is 26.2 Å². The van der Waals surface area contributed by atoms with Gasteiger partial charge in [-0.25, -0.2) is 0 Å². The third kappa shape index (κ3) is 6.45. The summed E-state index contributed by atoms with van der Waals surface area (Å²) in [5.74, 6) is 0.200. The van der Waals surface area contributed by atoms with Crippen LogP contribution in [0, 0.1) is 0 Å². The number of ether oxygens (including phenoxy) is 1. The summed E-state index contributed by atoms with van der Waals surface area (Å²) in [7, 11) is 1.66. The standard InChI is InChI=1S/C16H30N4O3/c1-13(16(22)17-6-3-11-23-2)20-9-7-19(8-10-20)12-15(21)18-14-4-5-14/h13-14H,3-12H2,1-2H3,(H,17,22)(H,18,21). The van der Waals surface area contributed by atoms with Gasteiger partial charge in [-0.05, 0) is 26.2 Å². The maximum absolute atomic E-state index is 12.1. The van der Waals surface area contributed by atoms with E-state index in [2.05, 4.69) is 20.4 Å². The van der Waals surface area contributed by atoms with Crippen molar-refractivity contribution < 1.29 is 14.3 Å². The number of nitrogens with zero attached hydrogens (tertiary/aromatic N) is 2. The molecule has 1 aliphatic heterocycles. The predicted octanol–water partition coefficient (Wildman–Crippen LogP) is -0.576. The minimum atomic E-state index is -0.125. The highest BCUT2D eigenvalue weighted by Gasteiger charge is 2.27. The Kier molecular flexibility index (Phi) is 7.26. The van der Waals surface area contributed by atoms with Crippen LogP contribution in [0.25, 0.3) is 0 Å². The maximum Gasteiger partial charge on any atom is 0.237 e. The quantitative estimate of drug-likeness (QED) is 0.555. The second-order valence-corrected chi connectivity index (χ2v) is 6.47. The first-order chi connectivity index (χ1) is 11.1. The van der Waals surface area contributed by atoms with Crippen LogP contribution in [-0.2, 0) is 14.3 Å². The van der Waals surface area contributed by atoms with Gasteiger partial charge in [0.05, 0.1) is 12.6 Å². The van der Waals surface area contributed by atoms with Crippen LogP contribution in [0.5, 0.6) is 0 Å². The number of amides is 2. The van der Waals surface area contributed by atoms with Crippen molar-refractivity contribution in [2.45, 2.75) is 38.3 Å². The Bertz CT molecular complexity index is 393. The largest absolute Gasteiger partial charge is 0.385 e. The van der Waals surface area contributed by atoms with E-state index in [0.29, 0.717) is 25.7 Å². The maximum atomic E-state index is 12.1. The first-order valence-corrected chi connectivity index (χ1v) is 8.62. The molecule has 0 aromatic rings. The van der Waals surface area contributed by atoms with Crippen LogP contribution in [-0.4, -0.2) is 86.7 Å². The lowest BCUT2D eigenvalue weighted by Gasteiger charge is -2.37. The molecule has 132 valence electrons. The summed E-state index contributed by atoms with van der Waals surface area (Å²) in [6.07, 6.45) is 3.08. The number of rotatable bonds is 9. The fraction of sp³-hybridized carbons (Fsp3) is 0.875. The van der Waals surface area contributed by atoms with E-state index in [9.17, 15) is 9.59 Å². The highest BCUT2D eigenvalue weighted by molar-refractivity contribution is 5.81. The van der Waals surface area contributed by atoms with Crippen molar-refractivity contribution in [3.05, 3.63) is 0 Å².